The van der Waals surface area contributed by atoms with E-state index in [1.807, 2.05) is 41.5 Å². The SMILES string of the molecule is CC(C)C(CC(=O)NC(C)(C)CCOC(C)(C)C(C)C)C(=O)NC(C)(C)CCOC(C)(C)C(C)C. The van der Waals surface area contributed by atoms with Gasteiger partial charge in [0.15, 0.2) is 0 Å². The van der Waals surface area contributed by atoms with Gasteiger partial charge in [-0.3, -0.25) is 9.59 Å². The van der Waals surface area contributed by atoms with Crippen LogP contribution in [-0.2, 0) is 19.1 Å². The number of amides is 2. The fourth-order valence-electron chi connectivity index (χ4n) is 3.28. The van der Waals surface area contributed by atoms with Crippen molar-refractivity contribution < 1.29 is 19.1 Å². The van der Waals surface area contributed by atoms with Gasteiger partial charge in [-0.15, -0.1) is 0 Å². The van der Waals surface area contributed by atoms with Crippen molar-refractivity contribution in [2.45, 2.75) is 138 Å². The lowest BCUT2D eigenvalue weighted by Gasteiger charge is -2.34. The van der Waals surface area contributed by atoms with Crippen molar-refractivity contribution in [2.24, 2.45) is 23.7 Å². The average molecular weight is 499 g/mol. The number of rotatable bonds is 16. The molecule has 0 aliphatic heterocycles. The molecule has 0 aliphatic carbocycles. The first kappa shape index (κ1) is 33.9. The van der Waals surface area contributed by atoms with Gasteiger partial charge >= 0.3 is 0 Å². The minimum Gasteiger partial charge on any atom is -0.375 e. The Morgan fingerprint density at radius 3 is 1.37 bits per heavy atom. The van der Waals surface area contributed by atoms with Gasteiger partial charge in [-0.1, -0.05) is 41.5 Å². The van der Waals surface area contributed by atoms with Crippen molar-refractivity contribution in [3.05, 3.63) is 0 Å². The van der Waals surface area contributed by atoms with E-state index in [0.717, 1.165) is 0 Å². The molecule has 0 aromatic carbocycles. The van der Waals surface area contributed by atoms with E-state index in [0.29, 0.717) is 37.9 Å². The van der Waals surface area contributed by atoms with Crippen molar-refractivity contribution in [3.8, 4) is 0 Å². The molecule has 1 atom stereocenters. The zero-order chi connectivity index (χ0) is 27.8. The maximum absolute atomic E-state index is 13.2. The van der Waals surface area contributed by atoms with Crippen LogP contribution < -0.4 is 10.6 Å². The summed E-state index contributed by atoms with van der Waals surface area (Å²) in [6.45, 7) is 30.1. The Balaban J connectivity index is 4.90. The summed E-state index contributed by atoms with van der Waals surface area (Å²) in [5.41, 5.74) is -1.25. The smallest absolute Gasteiger partial charge is 0.224 e. The third-order valence-electron chi connectivity index (χ3n) is 7.67. The zero-order valence-corrected chi connectivity index (χ0v) is 25.5. The third-order valence-corrected chi connectivity index (χ3v) is 7.67. The molecule has 0 spiro atoms. The first-order valence-electron chi connectivity index (χ1n) is 13.5. The molecular formula is C29H58N2O4. The molecular weight excluding hydrogens is 440 g/mol. The Morgan fingerprint density at radius 1 is 0.657 bits per heavy atom. The van der Waals surface area contributed by atoms with Crippen LogP contribution in [0.25, 0.3) is 0 Å². The summed E-state index contributed by atoms with van der Waals surface area (Å²) in [5.74, 6) is 0.277. The van der Waals surface area contributed by atoms with Gasteiger partial charge in [-0.2, -0.15) is 0 Å². The van der Waals surface area contributed by atoms with Crippen LogP contribution in [0, 0.1) is 23.7 Å². The van der Waals surface area contributed by atoms with Crippen molar-refractivity contribution in [1.82, 2.24) is 10.6 Å². The molecule has 208 valence electrons. The molecule has 0 fully saturated rings. The van der Waals surface area contributed by atoms with Crippen LogP contribution in [0.1, 0.15) is 116 Å². The summed E-state index contributed by atoms with van der Waals surface area (Å²) >= 11 is 0. The van der Waals surface area contributed by atoms with Crippen LogP contribution in [0.15, 0.2) is 0 Å². The van der Waals surface area contributed by atoms with Crippen LogP contribution in [0.5, 0.6) is 0 Å². The van der Waals surface area contributed by atoms with Crippen molar-refractivity contribution in [3.63, 3.8) is 0 Å². The maximum atomic E-state index is 13.2. The van der Waals surface area contributed by atoms with Gasteiger partial charge in [0.2, 0.25) is 11.8 Å². The Kier molecular flexibility index (Phi) is 13.0. The molecule has 0 rings (SSSR count). The fourth-order valence-corrected chi connectivity index (χ4v) is 3.28. The van der Waals surface area contributed by atoms with Gasteiger partial charge in [0.05, 0.1) is 11.2 Å². The summed E-state index contributed by atoms with van der Waals surface area (Å²) < 4.78 is 12.1. The van der Waals surface area contributed by atoms with Crippen LogP contribution in [-0.4, -0.2) is 47.3 Å². The van der Waals surface area contributed by atoms with Crippen LogP contribution in [0.2, 0.25) is 0 Å². The summed E-state index contributed by atoms with van der Waals surface area (Å²) in [7, 11) is 0. The highest BCUT2D eigenvalue weighted by atomic mass is 16.5. The van der Waals surface area contributed by atoms with Gasteiger partial charge in [0.1, 0.15) is 0 Å². The van der Waals surface area contributed by atoms with Crippen molar-refractivity contribution in [2.75, 3.05) is 13.2 Å². The molecule has 0 bridgehead atoms. The second kappa shape index (κ2) is 13.4. The molecule has 35 heavy (non-hydrogen) atoms. The van der Waals surface area contributed by atoms with Gasteiger partial charge in [0, 0.05) is 36.6 Å². The van der Waals surface area contributed by atoms with E-state index < -0.39 is 17.0 Å². The Morgan fingerprint density at radius 2 is 1.03 bits per heavy atom. The van der Waals surface area contributed by atoms with Crippen LogP contribution in [0.3, 0.4) is 0 Å². The van der Waals surface area contributed by atoms with E-state index in [2.05, 4.69) is 66.0 Å². The lowest BCUT2D eigenvalue weighted by molar-refractivity contribution is -0.134. The minimum absolute atomic E-state index is 0.0472. The summed E-state index contributed by atoms with van der Waals surface area (Å²) in [6, 6.07) is 0. The largest absolute Gasteiger partial charge is 0.375 e. The number of nitrogens with one attached hydrogen (secondary N) is 2. The molecule has 1 unspecified atom stereocenters. The van der Waals surface area contributed by atoms with Gasteiger partial charge in [0.25, 0.3) is 0 Å². The Labute approximate surface area is 217 Å². The van der Waals surface area contributed by atoms with E-state index in [1.54, 1.807) is 0 Å². The van der Waals surface area contributed by atoms with Crippen molar-refractivity contribution in [1.29, 1.82) is 0 Å². The predicted octanol–water partition coefficient (Wildman–Crippen LogP) is 6.12. The molecule has 0 radical (unpaired) electrons. The number of ether oxygens (including phenoxy) is 2. The summed E-state index contributed by atoms with van der Waals surface area (Å²) in [5, 5.41) is 6.28. The highest BCUT2D eigenvalue weighted by Gasteiger charge is 2.32. The molecule has 0 heterocycles. The Hall–Kier alpha value is -1.14. The quantitative estimate of drug-likeness (QED) is 0.269. The maximum Gasteiger partial charge on any atom is 0.224 e. The van der Waals surface area contributed by atoms with Crippen LogP contribution in [0.4, 0.5) is 0 Å². The molecule has 0 saturated heterocycles. The lowest BCUT2D eigenvalue weighted by atomic mass is 9.89. The Bertz CT molecular complexity index is 664. The number of carbonyl (C=O) groups is 2. The van der Waals surface area contributed by atoms with E-state index in [9.17, 15) is 9.59 Å². The van der Waals surface area contributed by atoms with Gasteiger partial charge in [-0.05, 0) is 86.0 Å². The fraction of sp³-hybridized carbons (Fsp3) is 0.931. The second-order valence-electron chi connectivity index (χ2n) is 13.6. The van der Waals surface area contributed by atoms with Gasteiger partial charge < -0.3 is 20.1 Å². The zero-order valence-electron chi connectivity index (χ0n) is 25.5. The molecule has 0 aromatic rings. The number of carbonyl (C=O) groups excluding carboxylic acids is 2. The highest BCUT2D eigenvalue weighted by molar-refractivity contribution is 5.86. The average Bonchev–Trinajstić information content (AvgIpc) is 2.63. The monoisotopic (exact) mass is 498 g/mol. The molecule has 6 nitrogen and oxygen atoms in total. The van der Waals surface area contributed by atoms with Crippen molar-refractivity contribution >= 4 is 11.8 Å². The topological polar surface area (TPSA) is 76.7 Å². The molecule has 6 heteroatoms. The minimum atomic E-state index is -0.423. The normalized spacial score (nSPS) is 14.5. The molecule has 0 aliphatic rings. The van der Waals surface area contributed by atoms with Crippen LogP contribution >= 0.6 is 0 Å². The number of hydrogen-bond acceptors (Lipinski definition) is 4. The first-order chi connectivity index (χ1) is 15.6. The highest BCUT2D eigenvalue weighted by Crippen LogP contribution is 2.24. The number of hydrogen-bond donors (Lipinski definition) is 2. The van der Waals surface area contributed by atoms with E-state index >= 15 is 0 Å². The third kappa shape index (κ3) is 13.1. The van der Waals surface area contributed by atoms with E-state index in [4.69, 9.17) is 9.47 Å². The standard InChI is InChI=1S/C29H58N2O4/c1-20(2)23(25(33)31-27(9,10)16-18-35-29(13,14)22(5)6)19-24(32)30-26(7,8)15-17-34-28(11,12)21(3)4/h20-23H,15-19H2,1-14H3,(H,30,32)(H,31,33). The molecule has 2 amide bonds. The lowest BCUT2D eigenvalue weighted by Crippen LogP contribution is -2.50. The first-order valence-corrected chi connectivity index (χ1v) is 13.5. The predicted molar refractivity (Wildman–Crippen MR) is 146 cm³/mol. The van der Waals surface area contributed by atoms with Gasteiger partial charge in [-0.25, -0.2) is 0 Å². The molecule has 0 aromatic heterocycles. The van der Waals surface area contributed by atoms with E-state index in [1.165, 1.54) is 0 Å². The second-order valence-corrected chi connectivity index (χ2v) is 13.6. The summed E-state index contributed by atoms with van der Waals surface area (Å²) in [4.78, 5) is 26.1. The van der Waals surface area contributed by atoms with E-state index in [-0.39, 0.29) is 35.4 Å². The molecule has 2 N–H and O–H groups in total. The molecule has 0 saturated carbocycles. The summed E-state index contributed by atoms with van der Waals surface area (Å²) in [6.07, 6.45) is 1.57.